The van der Waals surface area contributed by atoms with Crippen molar-refractivity contribution < 1.29 is 19.0 Å². The lowest BCUT2D eigenvalue weighted by Crippen LogP contribution is -2.04. The summed E-state index contributed by atoms with van der Waals surface area (Å²) in [5.74, 6) is 1.50. The van der Waals surface area contributed by atoms with Crippen LogP contribution in [0.5, 0.6) is 11.5 Å². The molecule has 0 radical (unpaired) electrons. The summed E-state index contributed by atoms with van der Waals surface area (Å²) >= 11 is 0. The Balaban J connectivity index is 1.58. The van der Waals surface area contributed by atoms with Crippen molar-refractivity contribution in [2.45, 2.75) is 6.10 Å². The van der Waals surface area contributed by atoms with E-state index < -0.39 is 0 Å². The lowest BCUT2D eigenvalue weighted by molar-refractivity contribution is 0.104. The zero-order valence-corrected chi connectivity index (χ0v) is 12.9. The van der Waals surface area contributed by atoms with Crippen LogP contribution in [-0.4, -0.2) is 32.2 Å². The lowest BCUT2D eigenvalue weighted by atomic mass is 10.1. The first-order valence-corrected chi connectivity index (χ1v) is 7.45. The number of carbonyl (C=O) groups is 1. The Morgan fingerprint density at radius 3 is 2.39 bits per heavy atom. The molecule has 23 heavy (non-hydrogen) atoms. The van der Waals surface area contributed by atoms with Crippen molar-refractivity contribution >= 4 is 11.9 Å². The van der Waals surface area contributed by atoms with Crippen LogP contribution in [0.3, 0.4) is 0 Å². The molecule has 118 valence electrons. The summed E-state index contributed by atoms with van der Waals surface area (Å²) in [6.45, 7) is 1.33. The van der Waals surface area contributed by atoms with Crippen LogP contribution < -0.4 is 9.47 Å². The van der Waals surface area contributed by atoms with Crippen LogP contribution in [0.2, 0.25) is 0 Å². The molecular formula is C19H18O4. The Labute approximate surface area is 135 Å². The van der Waals surface area contributed by atoms with Crippen molar-refractivity contribution in [1.29, 1.82) is 0 Å². The fourth-order valence-corrected chi connectivity index (χ4v) is 2.05. The van der Waals surface area contributed by atoms with E-state index in [1.165, 1.54) is 0 Å². The highest BCUT2D eigenvalue weighted by Crippen LogP contribution is 2.17. The predicted molar refractivity (Wildman–Crippen MR) is 88.0 cm³/mol. The molecule has 1 fully saturated rings. The summed E-state index contributed by atoms with van der Waals surface area (Å²) in [5, 5.41) is 0. The minimum absolute atomic E-state index is 0.0436. The number of hydrogen-bond acceptors (Lipinski definition) is 4. The van der Waals surface area contributed by atoms with Crippen molar-refractivity contribution in [2.24, 2.45) is 0 Å². The van der Waals surface area contributed by atoms with Crippen LogP contribution in [0, 0.1) is 0 Å². The Bertz CT molecular complexity index is 682. The lowest BCUT2D eigenvalue weighted by Gasteiger charge is -2.04. The van der Waals surface area contributed by atoms with E-state index in [2.05, 4.69) is 0 Å². The predicted octanol–water partition coefficient (Wildman–Crippen LogP) is 3.37. The molecule has 2 aromatic carbocycles. The van der Waals surface area contributed by atoms with Gasteiger partial charge in [0.2, 0.25) is 0 Å². The maximum absolute atomic E-state index is 12.2. The van der Waals surface area contributed by atoms with Crippen molar-refractivity contribution in [1.82, 2.24) is 0 Å². The maximum Gasteiger partial charge on any atom is 0.185 e. The van der Waals surface area contributed by atoms with Gasteiger partial charge in [-0.1, -0.05) is 18.2 Å². The molecule has 0 aliphatic carbocycles. The van der Waals surface area contributed by atoms with Gasteiger partial charge in [-0.15, -0.1) is 0 Å². The molecular weight excluding hydrogens is 292 g/mol. The van der Waals surface area contributed by atoms with Gasteiger partial charge in [-0.3, -0.25) is 4.79 Å². The number of ketones is 1. The molecule has 0 N–H and O–H groups in total. The van der Waals surface area contributed by atoms with Crippen molar-refractivity contribution in [2.75, 3.05) is 20.3 Å². The van der Waals surface area contributed by atoms with E-state index in [-0.39, 0.29) is 11.9 Å². The van der Waals surface area contributed by atoms with Crippen molar-refractivity contribution in [3.8, 4) is 11.5 Å². The largest absolute Gasteiger partial charge is 0.497 e. The molecule has 0 spiro atoms. The van der Waals surface area contributed by atoms with E-state index in [1.54, 1.807) is 43.5 Å². The molecule has 2 aromatic rings. The quantitative estimate of drug-likeness (QED) is 0.447. The van der Waals surface area contributed by atoms with Gasteiger partial charge in [0.1, 0.15) is 24.2 Å². The van der Waals surface area contributed by atoms with Gasteiger partial charge >= 0.3 is 0 Å². The van der Waals surface area contributed by atoms with E-state index in [0.29, 0.717) is 12.2 Å². The number of carbonyl (C=O) groups excluding carboxylic acids is 1. The Morgan fingerprint density at radius 2 is 1.78 bits per heavy atom. The van der Waals surface area contributed by atoms with Crippen LogP contribution in [0.25, 0.3) is 6.08 Å². The summed E-state index contributed by atoms with van der Waals surface area (Å²) in [7, 11) is 1.62. The molecule has 0 bridgehead atoms. The van der Waals surface area contributed by atoms with Crippen LogP contribution in [0.15, 0.2) is 54.6 Å². The number of methoxy groups -OCH3 is 1. The third kappa shape index (κ3) is 4.44. The van der Waals surface area contributed by atoms with Crippen LogP contribution >= 0.6 is 0 Å². The standard InChI is InChI=1S/C19H18O4/c1-21-16-7-2-14(3-8-16)4-11-19(20)15-5-9-17(10-6-15)22-12-18-13-23-18/h2-11,18H,12-13H2,1H3/b11-4+/t18-/m0/s1. The van der Waals surface area contributed by atoms with E-state index in [4.69, 9.17) is 14.2 Å². The minimum atomic E-state index is -0.0436. The van der Waals surface area contributed by atoms with Gasteiger partial charge in [0.05, 0.1) is 13.7 Å². The van der Waals surface area contributed by atoms with Crippen LogP contribution in [0.1, 0.15) is 15.9 Å². The second-order valence-corrected chi connectivity index (χ2v) is 5.26. The zero-order valence-electron chi connectivity index (χ0n) is 12.9. The van der Waals surface area contributed by atoms with Gasteiger partial charge in [-0.05, 0) is 48.0 Å². The maximum atomic E-state index is 12.2. The Morgan fingerprint density at radius 1 is 1.13 bits per heavy atom. The smallest absolute Gasteiger partial charge is 0.185 e. The second-order valence-electron chi connectivity index (χ2n) is 5.26. The van der Waals surface area contributed by atoms with E-state index >= 15 is 0 Å². The molecule has 4 nitrogen and oxygen atoms in total. The molecule has 1 heterocycles. The highest BCUT2D eigenvalue weighted by molar-refractivity contribution is 6.06. The molecule has 1 saturated heterocycles. The first-order valence-electron chi connectivity index (χ1n) is 7.45. The fourth-order valence-electron chi connectivity index (χ4n) is 2.05. The van der Waals surface area contributed by atoms with E-state index in [0.717, 1.165) is 23.7 Å². The van der Waals surface area contributed by atoms with Crippen molar-refractivity contribution in [3.05, 3.63) is 65.7 Å². The molecule has 1 aliphatic rings. The number of allylic oxidation sites excluding steroid dienone is 1. The van der Waals surface area contributed by atoms with Gasteiger partial charge in [-0.25, -0.2) is 0 Å². The first-order chi connectivity index (χ1) is 11.2. The molecule has 0 unspecified atom stereocenters. The van der Waals surface area contributed by atoms with E-state index in [9.17, 15) is 4.79 Å². The average molecular weight is 310 g/mol. The van der Waals surface area contributed by atoms with Crippen LogP contribution in [0.4, 0.5) is 0 Å². The Kier molecular flexibility index (Phi) is 4.74. The molecule has 0 saturated carbocycles. The molecule has 4 heteroatoms. The molecule has 1 aliphatic heterocycles. The minimum Gasteiger partial charge on any atom is -0.497 e. The molecule has 0 amide bonds. The highest BCUT2D eigenvalue weighted by atomic mass is 16.6. The van der Waals surface area contributed by atoms with Gasteiger partial charge in [0.15, 0.2) is 5.78 Å². The summed E-state index contributed by atoms with van der Waals surface area (Å²) in [6.07, 6.45) is 3.58. The number of benzene rings is 2. The van der Waals surface area contributed by atoms with Gasteiger partial charge in [0.25, 0.3) is 0 Å². The van der Waals surface area contributed by atoms with E-state index in [1.807, 2.05) is 24.3 Å². The average Bonchev–Trinajstić information content (AvgIpc) is 3.43. The summed E-state index contributed by atoms with van der Waals surface area (Å²) in [6, 6.07) is 14.7. The zero-order chi connectivity index (χ0) is 16.1. The molecule has 1 atom stereocenters. The summed E-state index contributed by atoms with van der Waals surface area (Å²) in [5.41, 5.74) is 1.58. The molecule has 0 aromatic heterocycles. The molecule has 3 rings (SSSR count). The Hall–Kier alpha value is -2.59. The van der Waals surface area contributed by atoms with Crippen molar-refractivity contribution in [3.63, 3.8) is 0 Å². The van der Waals surface area contributed by atoms with Gasteiger partial charge in [0, 0.05) is 5.56 Å². The number of ether oxygens (including phenoxy) is 3. The fraction of sp³-hybridized carbons (Fsp3) is 0.211. The topological polar surface area (TPSA) is 48.1 Å². The first kappa shape index (κ1) is 15.3. The van der Waals surface area contributed by atoms with Gasteiger partial charge in [-0.2, -0.15) is 0 Å². The number of rotatable bonds is 7. The third-order valence-electron chi connectivity index (χ3n) is 3.52. The SMILES string of the molecule is COc1ccc(/C=C/C(=O)c2ccc(OC[C@H]3CO3)cc2)cc1. The summed E-state index contributed by atoms with van der Waals surface area (Å²) < 4.78 is 15.7. The number of epoxide rings is 1. The highest BCUT2D eigenvalue weighted by Gasteiger charge is 2.22. The third-order valence-corrected chi connectivity index (χ3v) is 3.52. The van der Waals surface area contributed by atoms with Crippen LogP contribution in [-0.2, 0) is 4.74 Å². The second kappa shape index (κ2) is 7.11. The number of hydrogen-bond donors (Lipinski definition) is 0. The van der Waals surface area contributed by atoms with Gasteiger partial charge < -0.3 is 14.2 Å². The monoisotopic (exact) mass is 310 g/mol. The summed E-state index contributed by atoms with van der Waals surface area (Å²) in [4.78, 5) is 12.2. The normalized spacial score (nSPS) is 16.3.